The molecule has 4 heterocycles. The molecule has 26 heavy (non-hydrogen) atoms. The summed E-state index contributed by atoms with van der Waals surface area (Å²) >= 11 is 0. The lowest BCUT2D eigenvalue weighted by molar-refractivity contribution is 0.371. The van der Waals surface area contributed by atoms with Gasteiger partial charge in [0.25, 0.3) is 5.56 Å². The van der Waals surface area contributed by atoms with E-state index in [4.69, 9.17) is 8.94 Å². The largest absolute Gasteiger partial charge is 0.422 e. The van der Waals surface area contributed by atoms with Crippen LogP contribution < -0.4 is 11.2 Å². The second kappa shape index (κ2) is 6.40. The molecular formula is C18H14N4O4. The minimum absolute atomic E-state index is 0.229. The molecule has 0 aliphatic carbocycles. The monoisotopic (exact) mass is 350 g/mol. The Hall–Kier alpha value is -3.55. The van der Waals surface area contributed by atoms with E-state index in [0.29, 0.717) is 41.3 Å². The molecule has 0 radical (unpaired) electrons. The Morgan fingerprint density at radius 3 is 2.88 bits per heavy atom. The Kier molecular flexibility index (Phi) is 3.92. The van der Waals surface area contributed by atoms with Crippen molar-refractivity contribution in [3.63, 3.8) is 0 Å². The molecule has 0 aliphatic heterocycles. The topological polar surface area (TPSA) is 104 Å². The predicted octanol–water partition coefficient (Wildman–Crippen LogP) is 1.95. The Morgan fingerprint density at radius 2 is 2.08 bits per heavy atom. The van der Waals surface area contributed by atoms with Gasteiger partial charge in [0.15, 0.2) is 0 Å². The van der Waals surface area contributed by atoms with Crippen molar-refractivity contribution in [3.05, 3.63) is 75.0 Å². The van der Waals surface area contributed by atoms with E-state index in [0.717, 1.165) is 0 Å². The fourth-order valence-electron chi connectivity index (χ4n) is 2.74. The third kappa shape index (κ3) is 2.92. The molecule has 0 atom stereocenters. The van der Waals surface area contributed by atoms with Gasteiger partial charge in [-0.05, 0) is 30.7 Å². The summed E-state index contributed by atoms with van der Waals surface area (Å²) in [7, 11) is 0. The highest BCUT2D eigenvalue weighted by Crippen LogP contribution is 2.13. The van der Waals surface area contributed by atoms with Gasteiger partial charge in [-0.15, -0.1) is 0 Å². The molecule has 0 bridgehead atoms. The number of rotatable bonds is 4. The molecule has 0 fully saturated rings. The quantitative estimate of drug-likeness (QED) is 0.554. The first-order valence-electron chi connectivity index (χ1n) is 8.00. The zero-order valence-corrected chi connectivity index (χ0v) is 13.9. The van der Waals surface area contributed by atoms with Crippen molar-refractivity contribution in [3.8, 4) is 11.5 Å². The number of pyridine rings is 2. The van der Waals surface area contributed by atoms with E-state index in [9.17, 15) is 9.59 Å². The first kappa shape index (κ1) is 15.9. The fourth-order valence-corrected chi connectivity index (χ4v) is 2.74. The molecule has 130 valence electrons. The van der Waals surface area contributed by atoms with Crippen molar-refractivity contribution in [1.29, 1.82) is 0 Å². The molecule has 0 N–H and O–H groups in total. The molecule has 4 rings (SSSR count). The maximum atomic E-state index is 12.6. The third-order valence-corrected chi connectivity index (χ3v) is 3.99. The number of nitrogens with zero attached hydrogens (tertiary/aromatic N) is 4. The van der Waals surface area contributed by atoms with Crippen molar-refractivity contribution in [2.45, 2.75) is 19.9 Å². The van der Waals surface area contributed by atoms with Gasteiger partial charge in [0, 0.05) is 31.4 Å². The van der Waals surface area contributed by atoms with Crippen LogP contribution in [0.25, 0.3) is 22.5 Å². The summed E-state index contributed by atoms with van der Waals surface area (Å²) in [6.45, 7) is 2.07. The van der Waals surface area contributed by atoms with Crippen LogP contribution in [-0.4, -0.2) is 19.7 Å². The summed E-state index contributed by atoms with van der Waals surface area (Å²) in [5.41, 5.74) is 0.793. The average molecular weight is 350 g/mol. The van der Waals surface area contributed by atoms with Crippen LogP contribution in [0.5, 0.6) is 0 Å². The van der Waals surface area contributed by atoms with Crippen LogP contribution in [-0.2, 0) is 13.0 Å². The van der Waals surface area contributed by atoms with E-state index in [1.165, 1.54) is 10.6 Å². The SMILES string of the molecule is Cc1cc(=O)oc2ccn(CCc3nc(-c4ccccn4)no3)c(=O)c12. The van der Waals surface area contributed by atoms with Gasteiger partial charge in [-0.25, -0.2) is 4.79 Å². The van der Waals surface area contributed by atoms with Crippen LogP contribution in [0.3, 0.4) is 0 Å². The summed E-state index contributed by atoms with van der Waals surface area (Å²) in [4.78, 5) is 32.5. The van der Waals surface area contributed by atoms with E-state index in [2.05, 4.69) is 15.1 Å². The number of aryl methyl sites for hydroxylation is 3. The molecule has 8 heteroatoms. The normalized spacial score (nSPS) is 11.1. The first-order valence-corrected chi connectivity index (χ1v) is 8.00. The summed E-state index contributed by atoms with van der Waals surface area (Å²) in [5, 5.41) is 4.30. The molecular weight excluding hydrogens is 336 g/mol. The van der Waals surface area contributed by atoms with Crippen LogP contribution in [0, 0.1) is 6.92 Å². The molecule has 0 unspecified atom stereocenters. The minimum Gasteiger partial charge on any atom is -0.422 e. The predicted molar refractivity (Wildman–Crippen MR) is 92.7 cm³/mol. The van der Waals surface area contributed by atoms with Gasteiger partial charge in [0.05, 0.1) is 5.39 Å². The Morgan fingerprint density at radius 1 is 1.19 bits per heavy atom. The molecule has 0 aliphatic rings. The zero-order chi connectivity index (χ0) is 18.1. The van der Waals surface area contributed by atoms with Crippen molar-refractivity contribution < 1.29 is 8.94 Å². The smallest absolute Gasteiger partial charge is 0.336 e. The molecule has 0 saturated heterocycles. The average Bonchev–Trinajstić information content (AvgIpc) is 3.10. The van der Waals surface area contributed by atoms with E-state index in [1.807, 2.05) is 6.07 Å². The first-order chi connectivity index (χ1) is 12.6. The van der Waals surface area contributed by atoms with Crippen molar-refractivity contribution >= 4 is 11.0 Å². The fraction of sp³-hybridized carbons (Fsp3) is 0.167. The summed E-state index contributed by atoms with van der Waals surface area (Å²) in [6.07, 6.45) is 3.63. The van der Waals surface area contributed by atoms with Gasteiger partial charge < -0.3 is 13.5 Å². The number of aromatic nitrogens is 4. The lowest BCUT2D eigenvalue weighted by Gasteiger charge is -2.06. The summed E-state index contributed by atoms with van der Waals surface area (Å²) in [5.74, 6) is 0.818. The van der Waals surface area contributed by atoms with Gasteiger partial charge in [-0.1, -0.05) is 11.2 Å². The van der Waals surface area contributed by atoms with E-state index < -0.39 is 5.63 Å². The van der Waals surface area contributed by atoms with Crippen LogP contribution in [0.2, 0.25) is 0 Å². The lowest BCUT2D eigenvalue weighted by atomic mass is 10.2. The lowest BCUT2D eigenvalue weighted by Crippen LogP contribution is -2.22. The highest BCUT2D eigenvalue weighted by Gasteiger charge is 2.12. The van der Waals surface area contributed by atoms with Crippen molar-refractivity contribution in [1.82, 2.24) is 19.7 Å². The summed E-state index contributed by atoms with van der Waals surface area (Å²) < 4.78 is 11.8. The van der Waals surface area contributed by atoms with E-state index in [1.54, 1.807) is 37.5 Å². The van der Waals surface area contributed by atoms with Gasteiger partial charge in [0.2, 0.25) is 11.7 Å². The van der Waals surface area contributed by atoms with Gasteiger partial charge in [-0.3, -0.25) is 9.78 Å². The van der Waals surface area contributed by atoms with Crippen LogP contribution in [0.4, 0.5) is 0 Å². The van der Waals surface area contributed by atoms with Crippen LogP contribution in [0.1, 0.15) is 11.5 Å². The third-order valence-electron chi connectivity index (χ3n) is 3.99. The molecule has 4 aromatic heterocycles. The Bertz CT molecular complexity index is 1190. The van der Waals surface area contributed by atoms with Crippen LogP contribution in [0.15, 0.2) is 61.3 Å². The Labute approximate surface area is 146 Å². The minimum atomic E-state index is -0.472. The molecule has 0 spiro atoms. The molecule has 4 aromatic rings. The molecule has 0 amide bonds. The van der Waals surface area contributed by atoms with Crippen LogP contribution >= 0.6 is 0 Å². The van der Waals surface area contributed by atoms with E-state index in [-0.39, 0.29) is 11.1 Å². The second-order valence-electron chi connectivity index (χ2n) is 5.78. The molecule has 0 aromatic carbocycles. The highest BCUT2D eigenvalue weighted by molar-refractivity contribution is 5.78. The standard InChI is InChI=1S/C18H14N4O4/c1-11-10-15(23)25-13-5-8-22(18(24)16(11)13)9-6-14-20-17(21-26-14)12-4-2-3-7-19-12/h2-5,7-8,10H,6,9H2,1H3. The number of fused-ring (bicyclic) bond motifs is 1. The maximum Gasteiger partial charge on any atom is 0.336 e. The number of hydrogen-bond acceptors (Lipinski definition) is 7. The molecule has 0 saturated carbocycles. The zero-order valence-electron chi connectivity index (χ0n) is 13.9. The van der Waals surface area contributed by atoms with Gasteiger partial charge >= 0.3 is 5.63 Å². The Balaban J connectivity index is 1.59. The van der Waals surface area contributed by atoms with Crippen molar-refractivity contribution in [2.75, 3.05) is 0 Å². The summed E-state index contributed by atoms with van der Waals surface area (Å²) in [6, 6.07) is 8.36. The second-order valence-corrected chi connectivity index (χ2v) is 5.78. The maximum absolute atomic E-state index is 12.6. The van der Waals surface area contributed by atoms with Crippen molar-refractivity contribution in [2.24, 2.45) is 0 Å². The molecule has 8 nitrogen and oxygen atoms in total. The number of hydrogen-bond donors (Lipinski definition) is 0. The van der Waals surface area contributed by atoms with E-state index >= 15 is 0 Å². The van der Waals surface area contributed by atoms with Gasteiger partial charge in [0.1, 0.15) is 11.3 Å². The van der Waals surface area contributed by atoms with Gasteiger partial charge in [-0.2, -0.15) is 4.98 Å². The highest BCUT2D eigenvalue weighted by atomic mass is 16.5.